The summed E-state index contributed by atoms with van der Waals surface area (Å²) in [5.74, 6) is -0.167. The molecule has 0 saturated carbocycles. The Morgan fingerprint density at radius 2 is 1.85 bits per heavy atom. The minimum absolute atomic E-state index is 0.0467. The molecule has 0 unspecified atom stereocenters. The lowest BCUT2D eigenvalue weighted by atomic mass is 10.3. The summed E-state index contributed by atoms with van der Waals surface area (Å²) in [5, 5.41) is 13.0. The number of hydrogen-bond donors (Lipinski definition) is 2. The van der Waals surface area contributed by atoms with E-state index in [1.165, 1.54) is 0 Å². The van der Waals surface area contributed by atoms with E-state index < -0.39 is 14.9 Å². The highest BCUT2D eigenvalue weighted by Gasteiger charge is 2.15. The first-order chi connectivity index (χ1) is 9.36. The Kier molecular flexibility index (Phi) is 5.59. The molecule has 9 heteroatoms. The van der Waals surface area contributed by atoms with E-state index in [1.54, 1.807) is 6.92 Å². The second-order valence-corrected chi connectivity index (χ2v) is 5.62. The van der Waals surface area contributed by atoms with Gasteiger partial charge in [-0.15, -0.1) is 0 Å². The Morgan fingerprint density at radius 1 is 1.25 bits per heavy atom. The minimum atomic E-state index is -3.73. The average Bonchev–Trinajstić information content (AvgIpc) is 2.43. The summed E-state index contributed by atoms with van der Waals surface area (Å²) < 4.78 is 26.0. The van der Waals surface area contributed by atoms with Crippen molar-refractivity contribution >= 4 is 21.6 Å². The maximum absolute atomic E-state index is 11.8. The summed E-state index contributed by atoms with van der Waals surface area (Å²) >= 11 is 0. The second kappa shape index (κ2) is 6.96. The van der Waals surface area contributed by atoms with Crippen molar-refractivity contribution in [2.45, 2.75) is 18.2 Å². The number of nitro benzene ring substituents is 1. The summed E-state index contributed by atoms with van der Waals surface area (Å²) in [6.45, 7) is 1.92. The molecule has 2 N–H and O–H groups in total. The zero-order chi connectivity index (χ0) is 15.2. The fourth-order valence-electron chi connectivity index (χ4n) is 1.34. The summed E-state index contributed by atoms with van der Waals surface area (Å²) in [7, 11) is -3.73. The maximum Gasteiger partial charge on any atom is 0.269 e. The molecule has 0 aliphatic carbocycles. The van der Waals surface area contributed by atoms with E-state index >= 15 is 0 Å². The normalized spacial score (nSPS) is 11.1. The molecule has 20 heavy (non-hydrogen) atoms. The summed E-state index contributed by atoms with van der Waals surface area (Å²) in [4.78, 5) is 20.7. The van der Waals surface area contributed by atoms with Crippen LogP contribution in [0.4, 0.5) is 5.69 Å². The van der Waals surface area contributed by atoms with Crippen LogP contribution in [0.1, 0.15) is 13.3 Å². The fourth-order valence-corrected chi connectivity index (χ4v) is 2.37. The third-order valence-electron chi connectivity index (χ3n) is 2.42. The molecule has 0 aromatic heterocycles. The molecule has 0 aliphatic rings. The molecule has 110 valence electrons. The molecule has 0 spiro atoms. The highest BCUT2D eigenvalue weighted by molar-refractivity contribution is 7.89. The molecule has 8 nitrogen and oxygen atoms in total. The average molecular weight is 301 g/mol. The summed E-state index contributed by atoms with van der Waals surface area (Å²) in [6, 6.07) is 4.55. The zero-order valence-corrected chi connectivity index (χ0v) is 11.6. The largest absolute Gasteiger partial charge is 0.355 e. The summed E-state index contributed by atoms with van der Waals surface area (Å²) in [6.07, 6.45) is 0.328. The molecule has 0 atom stereocenters. The number of carbonyl (C=O) groups is 1. The van der Waals surface area contributed by atoms with E-state index in [0.29, 0.717) is 6.42 Å². The van der Waals surface area contributed by atoms with Gasteiger partial charge >= 0.3 is 0 Å². The van der Waals surface area contributed by atoms with Gasteiger partial charge in [0.05, 0.1) is 9.82 Å². The van der Waals surface area contributed by atoms with E-state index in [2.05, 4.69) is 10.0 Å². The lowest BCUT2D eigenvalue weighted by molar-refractivity contribution is -0.384. The molecule has 1 aromatic carbocycles. The molecule has 0 aliphatic heterocycles. The molecule has 0 bridgehead atoms. The van der Waals surface area contributed by atoms with Gasteiger partial charge in [0.15, 0.2) is 0 Å². The number of nitrogens with one attached hydrogen (secondary N) is 2. The first kappa shape index (κ1) is 16.1. The number of nitro groups is 1. The van der Waals surface area contributed by atoms with E-state index in [-0.39, 0.29) is 29.6 Å². The molecular formula is C11H15N3O5S. The predicted octanol–water partition coefficient (Wildman–Crippen LogP) is 0.399. The number of amides is 1. The van der Waals surface area contributed by atoms with Crippen LogP contribution in [0.5, 0.6) is 0 Å². The van der Waals surface area contributed by atoms with Crippen molar-refractivity contribution in [3.05, 3.63) is 34.4 Å². The van der Waals surface area contributed by atoms with Crippen LogP contribution in [-0.2, 0) is 14.8 Å². The van der Waals surface area contributed by atoms with Crippen molar-refractivity contribution in [2.75, 3.05) is 13.1 Å². The van der Waals surface area contributed by atoms with Crippen molar-refractivity contribution in [1.29, 1.82) is 0 Å². The van der Waals surface area contributed by atoms with Gasteiger partial charge in [0, 0.05) is 31.6 Å². The maximum atomic E-state index is 11.8. The molecule has 0 heterocycles. The van der Waals surface area contributed by atoms with Gasteiger partial charge in [-0.25, -0.2) is 13.1 Å². The Labute approximate surface area is 116 Å². The highest BCUT2D eigenvalue weighted by atomic mass is 32.2. The third-order valence-corrected chi connectivity index (χ3v) is 3.90. The Hall–Kier alpha value is -2.00. The van der Waals surface area contributed by atoms with Crippen molar-refractivity contribution in [2.24, 2.45) is 0 Å². The van der Waals surface area contributed by atoms with Crippen molar-refractivity contribution in [3.8, 4) is 0 Å². The topological polar surface area (TPSA) is 118 Å². The Morgan fingerprint density at radius 3 is 2.35 bits per heavy atom. The van der Waals surface area contributed by atoms with E-state index in [9.17, 15) is 23.3 Å². The number of rotatable bonds is 7. The van der Waals surface area contributed by atoms with Gasteiger partial charge in [0.2, 0.25) is 15.9 Å². The molecule has 0 saturated heterocycles. The molecular weight excluding hydrogens is 286 g/mol. The van der Waals surface area contributed by atoms with Gasteiger partial charge in [-0.3, -0.25) is 14.9 Å². The van der Waals surface area contributed by atoms with Crippen LogP contribution in [0, 0.1) is 10.1 Å². The SMILES string of the molecule is CCC(=O)NCCNS(=O)(=O)c1ccc([N+](=O)[O-])cc1. The van der Waals surface area contributed by atoms with Gasteiger partial charge < -0.3 is 5.32 Å². The smallest absolute Gasteiger partial charge is 0.269 e. The van der Waals surface area contributed by atoms with Crippen molar-refractivity contribution in [3.63, 3.8) is 0 Å². The summed E-state index contributed by atoms with van der Waals surface area (Å²) in [5.41, 5.74) is -0.181. The second-order valence-electron chi connectivity index (χ2n) is 3.85. The van der Waals surface area contributed by atoms with Crippen LogP contribution in [0.2, 0.25) is 0 Å². The van der Waals surface area contributed by atoms with Gasteiger partial charge in [0.25, 0.3) is 5.69 Å². The monoisotopic (exact) mass is 301 g/mol. The fraction of sp³-hybridized carbons (Fsp3) is 0.364. The van der Waals surface area contributed by atoms with Gasteiger partial charge in [-0.05, 0) is 12.1 Å². The number of hydrogen-bond acceptors (Lipinski definition) is 5. The first-order valence-corrected chi connectivity index (χ1v) is 7.36. The minimum Gasteiger partial charge on any atom is -0.355 e. The van der Waals surface area contributed by atoms with Crippen molar-refractivity contribution in [1.82, 2.24) is 10.0 Å². The van der Waals surface area contributed by atoms with E-state index in [1.807, 2.05) is 0 Å². The quantitative estimate of drug-likeness (QED) is 0.429. The van der Waals surface area contributed by atoms with Crippen molar-refractivity contribution < 1.29 is 18.1 Å². The van der Waals surface area contributed by atoms with Gasteiger partial charge in [0.1, 0.15) is 0 Å². The number of non-ortho nitro benzene ring substituents is 1. The van der Waals surface area contributed by atoms with Crippen LogP contribution in [-0.4, -0.2) is 32.3 Å². The highest BCUT2D eigenvalue weighted by Crippen LogP contribution is 2.15. The Bertz CT molecular complexity index is 583. The van der Waals surface area contributed by atoms with Crippen LogP contribution < -0.4 is 10.0 Å². The van der Waals surface area contributed by atoms with Crippen LogP contribution >= 0.6 is 0 Å². The first-order valence-electron chi connectivity index (χ1n) is 5.87. The number of carbonyl (C=O) groups excluding carboxylic acids is 1. The van der Waals surface area contributed by atoms with Crippen LogP contribution in [0.25, 0.3) is 0 Å². The van der Waals surface area contributed by atoms with E-state index in [4.69, 9.17) is 0 Å². The number of nitrogens with zero attached hydrogens (tertiary/aromatic N) is 1. The predicted molar refractivity (Wildman–Crippen MR) is 71.6 cm³/mol. The lowest BCUT2D eigenvalue weighted by Crippen LogP contribution is -2.34. The number of sulfonamides is 1. The van der Waals surface area contributed by atoms with Crippen LogP contribution in [0.3, 0.4) is 0 Å². The third kappa shape index (κ3) is 4.59. The lowest BCUT2D eigenvalue weighted by Gasteiger charge is -2.07. The Balaban J connectivity index is 2.60. The van der Waals surface area contributed by atoms with Crippen LogP contribution in [0.15, 0.2) is 29.2 Å². The molecule has 1 amide bonds. The number of benzene rings is 1. The molecule has 0 fully saturated rings. The molecule has 0 radical (unpaired) electrons. The molecule has 1 rings (SSSR count). The standard InChI is InChI=1S/C11H15N3O5S/c1-2-11(15)12-7-8-13-20(18,19)10-5-3-9(4-6-10)14(16)17/h3-6,13H,2,7-8H2,1H3,(H,12,15). The molecule has 1 aromatic rings. The zero-order valence-electron chi connectivity index (χ0n) is 10.8. The van der Waals surface area contributed by atoms with Gasteiger partial charge in [-0.1, -0.05) is 6.92 Å². The van der Waals surface area contributed by atoms with E-state index in [0.717, 1.165) is 24.3 Å². The van der Waals surface area contributed by atoms with Gasteiger partial charge in [-0.2, -0.15) is 0 Å².